The van der Waals surface area contributed by atoms with Gasteiger partial charge in [-0.25, -0.2) is 22.0 Å². The van der Waals surface area contributed by atoms with E-state index in [1.807, 2.05) is 0 Å². The Labute approximate surface area is 118 Å². The molecule has 0 aliphatic heterocycles. The number of benzene rings is 1. The minimum absolute atomic E-state index is 0.0201. The van der Waals surface area contributed by atoms with E-state index < -0.39 is 25.3 Å². The summed E-state index contributed by atoms with van der Waals surface area (Å²) in [6.45, 7) is 4.58. The first-order chi connectivity index (χ1) is 8.45. The predicted molar refractivity (Wildman–Crippen MR) is 75.2 cm³/mol. The van der Waals surface area contributed by atoms with Gasteiger partial charge in [-0.1, -0.05) is 11.6 Å². The van der Waals surface area contributed by atoms with Gasteiger partial charge in [-0.3, -0.25) is 4.72 Å². The molecule has 0 saturated carbocycles. The molecule has 0 aromatic heterocycles. The molecule has 0 heterocycles. The molecule has 0 bridgehead atoms. The first-order valence-corrected chi connectivity index (χ1v) is 8.77. The van der Waals surface area contributed by atoms with E-state index in [0.717, 1.165) is 6.07 Å². The number of sulfonamides is 2. The van der Waals surface area contributed by atoms with Crippen LogP contribution in [0.4, 0.5) is 5.69 Å². The molecule has 1 aromatic rings. The zero-order chi connectivity index (χ0) is 15.0. The number of hydrogen-bond acceptors (Lipinski definition) is 4. The lowest BCUT2D eigenvalue weighted by atomic mass is 10.2. The molecule has 1 aromatic carbocycles. The lowest BCUT2D eigenvalue weighted by molar-refractivity contribution is 0.592. The Morgan fingerprint density at radius 2 is 1.74 bits per heavy atom. The van der Waals surface area contributed by atoms with Crippen molar-refractivity contribution in [2.75, 3.05) is 4.72 Å². The molecule has 0 amide bonds. The Morgan fingerprint density at radius 3 is 2.11 bits per heavy atom. The Hall–Kier alpha value is -0.830. The highest BCUT2D eigenvalue weighted by Crippen LogP contribution is 2.30. The maximum absolute atomic E-state index is 11.8. The summed E-state index contributed by atoms with van der Waals surface area (Å²) >= 11 is 5.90. The summed E-state index contributed by atoms with van der Waals surface area (Å²) in [5.74, 6) is 0. The molecule has 0 radical (unpaired) electrons. The highest BCUT2D eigenvalue weighted by Gasteiger charge is 2.20. The largest absolute Gasteiger partial charge is 0.282 e. The van der Waals surface area contributed by atoms with Gasteiger partial charge < -0.3 is 0 Å². The van der Waals surface area contributed by atoms with Crippen LogP contribution in [0.5, 0.6) is 0 Å². The topological polar surface area (TPSA) is 106 Å². The molecular formula is C10H15ClN2O4S2. The van der Waals surface area contributed by atoms with Crippen molar-refractivity contribution in [2.24, 2.45) is 5.14 Å². The van der Waals surface area contributed by atoms with Gasteiger partial charge in [0, 0.05) is 0 Å². The van der Waals surface area contributed by atoms with E-state index >= 15 is 0 Å². The van der Waals surface area contributed by atoms with Gasteiger partial charge >= 0.3 is 0 Å². The number of nitrogens with one attached hydrogen (secondary N) is 1. The summed E-state index contributed by atoms with van der Waals surface area (Å²) in [7, 11) is -7.45. The number of hydrogen-bond donors (Lipinski definition) is 2. The maximum Gasteiger partial charge on any atom is 0.238 e. The van der Waals surface area contributed by atoms with Crippen molar-refractivity contribution >= 4 is 37.3 Å². The minimum Gasteiger partial charge on any atom is -0.282 e. The fourth-order valence-electron chi connectivity index (χ4n) is 1.27. The highest BCUT2D eigenvalue weighted by atomic mass is 35.5. The van der Waals surface area contributed by atoms with Gasteiger partial charge in [-0.15, -0.1) is 0 Å². The Kier molecular flexibility index (Phi) is 4.51. The fraction of sp³-hybridized carbons (Fsp3) is 0.400. The summed E-state index contributed by atoms with van der Waals surface area (Å²) < 4.78 is 48.3. The van der Waals surface area contributed by atoms with Gasteiger partial charge in [0.05, 0.1) is 20.9 Å². The number of halogens is 1. The van der Waals surface area contributed by atoms with Crippen molar-refractivity contribution in [3.05, 3.63) is 22.7 Å². The van der Waals surface area contributed by atoms with Crippen LogP contribution in [-0.2, 0) is 20.0 Å². The molecule has 19 heavy (non-hydrogen) atoms. The van der Waals surface area contributed by atoms with Gasteiger partial charge in [0.2, 0.25) is 20.0 Å². The first kappa shape index (κ1) is 16.2. The van der Waals surface area contributed by atoms with Crippen molar-refractivity contribution < 1.29 is 16.8 Å². The van der Waals surface area contributed by atoms with E-state index in [1.165, 1.54) is 19.9 Å². The van der Waals surface area contributed by atoms with Crippen LogP contribution in [0, 0.1) is 6.92 Å². The SMILES string of the molecule is Cc1cc(S(N)(=O)=O)cc(Cl)c1NS(=O)(=O)C(C)C. The van der Waals surface area contributed by atoms with E-state index in [0.29, 0.717) is 5.56 Å². The number of aryl methyl sites for hydroxylation is 1. The zero-order valence-corrected chi connectivity index (χ0v) is 13.0. The van der Waals surface area contributed by atoms with Crippen molar-refractivity contribution in [3.8, 4) is 0 Å². The van der Waals surface area contributed by atoms with Crippen LogP contribution in [0.1, 0.15) is 19.4 Å². The summed E-state index contributed by atoms with van der Waals surface area (Å²) in [4.78, 5) is -0.164. The summed E-state index contributed by atoms with van der Waals surface area (Å²) in [6, 6.07) is 2.38. The second-order valence-electron chi connectivity index (χ2n) is 4.34. The maximum atomic E-state index is 11.8. The lowest BCUT2D eigenvalue weighted by Gasteiger charge is -2.15. The number of primary sulfonamides is 1. The van der Waals surface area contributed by atoms with Crippen LogP contribution in [-0.4, -0.2) is 22.1 Å². The van der Waals surface area contributed by atoms with Crippen molar-refractivity contribution in [2.45, 2.75) is 30.9 Å². The third-order valence-electron chi connectivity index (χ3n) is 2.45. The van der Waals surface area contributed by atoms with Gasteiger partial charge in [0.15, 0.2) is 0 Å². The zero-order valence-electron chi connectivity index (χ0n) is 10.6. The second-order valence-corrected chi connectivity index (χ2v) is 8.54. The highest BCUT2D eigenvalue weighted by molar-refractivity contribution is 7.93. The smallest absolute Gasteiger partial charge is 0.238 e. The van der Waals surface area contributed by atoms with Gasteiger partial charge in [0.1, 0.15) is 0 Å². The third kappa shape index (κ3) is 3.82. The molecule has 1 rings (SSSR count). The summed E-state index contributed by atoms with van der Waals surface area (Å²) in [5, 5.41) is 4.34. The van der Waals surface area contributed by atoms with Gasteiger partial charge in [0.25, 0.3) is 0 Å². The number of nitrogens with two attached hydrogens (primary N) is 1. The quantitative estimate of drug-likeness (QED) is 0.873. The predicted octanol–water partition coefficient (Wildman–Crippen LogP) is 1.45. The number of anilines is 1. The average Bonchev–Trinajstić information content (AvgIpc) is 2.21. The average molecular weight is 327 g/mol. The van der Waals surface area contributed by atoms with Crippen LogP contribution >= 0.6 is 11.6 Å². The van der Waals surface area contributed by atoms with Gasteiger partial charge in [-0.2, -0.15) is 0 Å². The molecule has 6 nitrogen and oxygen atoms in total. The second kappa shape index (κ2) is 5.28. The van der Waals surface area contributed by atoms with Crippen molar-refractivity contribution in [1.29, 1.82) is 0 Å². The monoisotopic (exact) mass is 326 g/mol. The molecule has 0 spiro atoms. The van der Waals surface area contributed by atoms with Crippen LogP contribution in [0.15, 0.2) is 17.0 Å². The van der Waals surface area contributed by atoms with Crippen LogP contribution < -0.4 is 9.86 Å². The Balaban J connectivity index is 3.35. The van der Waals surface area contributed by atoms with E-state index in [4.69, 9.17) is 16.7 Å². The molecule has 3 N–H and O–H groups in total. The molecule has 0 atom stereocenters. The summed E-state index contributed by atoms with van der Waals surface area (Å²) in [6.07, 6.45) is 0. The molecule has 0 unspecified atom stereocenters. The molecule has 108 valence electrons. The van der Waals surface area contributed by atoms with Crippen LogP contribution in [0.25, 0.3) is 0 Å². The molecule has 0 fully saturated rings. The normalized spacial score (nSPS) is 12.7. The van der Waals surface area contributed by atoms with Crippen LogP contribution in [0.3, 0.4) is 0 Å². The minimum atomic E-state index is -3.89. The molecular weight excluding hydrogens is 312 g/mol. The molecule has 9 heteroatoms. The molecule has 0 saturated heterocycles. The fourth-order valence-corrected chi connectivity index (χ4v) is 3.12. The number of rotatable bonds is 4. The van der Waals surface area contributed by atoms with Crippen molar-refractivity contribution in [1.82, 2.24) is 0 Å². The van der Waals surface area contributed by atoms with E-state index in [-0.39, 0.29) is 15.6 Å². The standard InChI is InChI=1S/C10H15ClN2O4S2/c1-6(2)19(16,17)13-10-7(3)4-8(5-9(10)11)18(12,14)15/h4-6,13H,1-3H3,(H2,12,14,15). The molecule has 0 aliphatic rings. The van der Waals surface area contributed by atoms with Crippen LogP contribution in [0.2, 0.25) is 5.02 Å². The van der Waals surface area contributed by atoms with E-state index in [1.54, 1.807) is 6.92 Å². The lowest BCUT2D eigenvalue weighted by Crippen LogP contribution is -2.23. The van der Waals surface area contributed by atoms with E-state index in [2.05, 4.69) is 4.72 Å². The first-order valence-electron chi connectivity index (χ1n) is 5.29. The molecule has 0 aliphatic carbocycles. The third-order valence-corrected chi connectivity index (χ3v) is 5.38. The Morgan fingerprint density at radius 1 is 1.21 bits per heavy atom. The van der Waals surface area contributed by atoms with Crippen molar-refractivity contribution in [3.63, 3.8) is 0 Å². The van der Waals surface area contributed by atoms with Gasteiger partial charge in [-0.05, 0) is 38.5 Å². The Bertz CT molecular complexity index is 673. The van der Waals surface area contributed by atoms with E-state index in [9.17, 15) is 16.8 Å². The summed E-state index contributed by atoms with van der Waals surface area (Å²) in [5.41, 5.74) is 0.531.